The topological polar surface area (TPSA) is 68.0 Å². The average Bonchev–Trinajstić information content (AvgIpc) is 2.20. The summed E-state index contributed by atoms with van der Waals surface area (Å²) in [5.41, 5.74) is 7.02. The van der Waals surface area contributed by atoms with Gasteiger partial charge in [-0.3, -0.25) is 9.78 Å². The highest BCUT2D eigenvalue weighted by Crippen LogP contribution is 2.12. The summed E-state index contributed by atoms with van der Waals surface area (Å²) in [6, 6.07) is 1.82. The first kappa shape index (κ1) is 11.6. The third-order valence-electron chi connectivity index (χ3n) is 2.12. The molecule has 0 spiro atoms. The molecule has 80 valence electrons. The Balaban J connectivity index is 2.75. The van der Waals surface area contributed by atoms with Crippen LogP contribution in [-0.4, -0.2) is 15.9 Å². The molecule has 0 saturated heterocycles. The third kappa shape index (κ3) is 2.99. The van der Waals surface area contributed by atoms with Gasteiger partial charge in [-0.1, -0.05) is 12.2 Å². The summed E-state index contributed by atoms with van der Waals surface area (Å²) in [5, 5.41) is 2.72. The first-order valence-electron chi connectivity index (χ1n) is 4.53. The molecule has 3 N–H and O–H groups in total. The molecule has 0 saturated carbocycles. The highest BCUT2D eigenvalue weighted by Gasteiger charge is 2.15. The Hall–Kier alpha value is -1.49. The number of nitrogens with two attached hydrogens (primary N) is 1. The number of aryl methyl sites for hydroxylation is 1. The van der Waals surface area contributed by atoms with Crippen LogP contribution in [-0.2, 0) is 4.79 Å². The van der Waals surface area contributed by atoms with E-state index in [1.165, 1.54) is 0 Å². The molecule has 1 atom stereocenters. The van der Waals surface area contributed by atoms with Crippen LogP contribution in [0.2, 0.25) is 0 Å². The minimum atomic E-state index is -0.473. The fourth-order valence-corrected chi connectivity index (χ4v) is 1.07. The molecule has 15 heavy (non-hydrogen) atoms. The van der Waals surface area contributed by atoms with Gasteiger partial charge in [0.2, 0.25) is 5.91 Å². The van der Waals surface area contributed by atoms with Crippen LogP contribution in [0.3, 0.4) is 0 Å². The van der Waals surface area contributed by atoms with Crippen molar-refractivity contribution in [2.45, 2.75) is 13.8 Å². The standard InChI is InChI=1S/C10H13N3OS/c1-6-3-4-12-5-8(6)13-10(14)7(2)9(11)15/h3-5,7H,1-2H3,(H2,11,15)(H,13,14). The lowest BCUT2D eigenvalue weighted by atomic mass is 10.1. The van der Waals surface area contributed by atoms with Gasteiger partial charge in [0.05, 0.1) is 22.8 Å². The fraction of sp³-hybridized carbons (Fsp3) is 0.300. The van der Waals surface area contributed by atoms with Crippen molar-refractivity contribution in [3.8, 4) is 0 Å². The van der Waals surface area contributed by atoms with Crippen molar-refractivity contribution in [2.75, 3.05) is 5.32 Å². The number of hydrogen-bond donors (Lipinski definition) is 2. The highest BCUT2D eigenvalue weighted by molar-refractivity contribution is 7.80. The molecule has 0 radical (unpaired) electrons. The number of aromatic nitrogens is 1. The van der Waals surface area contributed by atoms with Crippen LogP contribution in [0.4, 0.5) is 5.69 Å². The molecule has 1 heterocycles. The SMILES string of the molecule is Cc1ccncc1NC(=O)C(C)C(N)=S. The minimum Gasteiger partial charge on any atom is -0.393 e. The molecular weight excluding hydrogens is 210 g/mol. The molecular formula is C10H13N3OS. The van der Waals surface area contributed by atoms with Crippen LogP contribution in [0.1, 0.15) is 12.5 Å². The molecule has 1 aromatic heterocycles. The van der Waals surface area contributed by atoms with Crippen molar-refractivity contribution in [1.82, 2.24) is 4.98 Å². The quantitative estimate of drug-likeness (QED) is 0.757. The van der Waals surface area contributed by atoms with Crippen LogP contribution < -0.4 is 11.1 Å². The number of rotatable bonds is 3. The van der Waals surface area contributed by atoms with E-state index in [1.807, 2.05) is 13.0 Å². The molecule has 1 amide bonds. The number of carbonyl (C=O) groups excluding carboxylic acids is 1. The number of pyridine rings is 1. The average molecular weight is 223 g/mol. The number of nitrogens with one attached hydrogen (secondary N) is 1. The molecule has 0 aliphatic heterocycles. The maximum absolute atomic E-state index is 11.6. The number of thiocarbonyl (C=S) groups is 1. The Bertz CT molecular complexity index is 392. The summed E-state index contributed by atoms with van der Waals surface area (Å²) >= 11 is 4.74. The number of nitrogens with zero attached hydrogens (tertiary/aromatic N) is 1. The summed E-state index contributed by atoms with van der Waals surface area (Å²) in [6.45, 7) is 3.56. The number of hydrogen-bond acceptors (Lipinski definition) is 3. The number of carbonyl (C=O) groups is 1. The second-order valence-corrected chi connectivity index (χ2v) is 3.78. The second kappa shape index (κ2) is 4.84. The fourth-order valence-electron chi connectivity index (χ4n) is 0.965. The lowest BCUT2D eigenvalue weighted by Gasteiger charge is -2.11. The maximum atomic E-state index is 11.6. The normalized spacial score (nSPS) is 11.9. The van der Waals surface area contributed by atoms with Crippen molar-refractivity contribution in [2.24, 2.45) is 11.7 Å². The molecule has 4 nitrogen and oxygen atoms in total. The van der Waals surface area contributed by atoms with Crippen molar-refractivity contribution in [3.63, 3.8) is 0 Å². The summed E-state index contributed by atoms with van der Waals surface area (Å²) < 4.78 is 0. The van der Waals surface area contributed by atoms with Gasteiger partial charge in [0, 0.05) is 6.20 Å². The van der Waals surface area contributed by atoms with E-state index >= 15 is 0 Å². The molecule has 0 aliphatic rings. The molecule has 0 aliphatic carbocycles. The molecule has 1 rings (SSSR count). The summed E-state index contributed by atoms with van der Waals surface area (Å²) in [4.78, 5) is 15.7. The van der Waals surface area contributed by atoms with Gasteiger partial charge in [-0.2, -0.15) is 0 Å². The van der Waals surface area contributed by atoms with Crippen molar-refractivity contribution in [1.29, 1.82) is 0 Å². The predicted molar refractivity (Wildman–Crippen MR) is 63.6 cm³/mol. The zero-order valence-corrected chi connectivity index (χ0v) is 9.47. The molecule has 5 heteroatoms. The Morgan fingerprint density at radius 3 is 2.87 bits per heavy atom. The Labute approximate surface area is 93.9 Å². The maximum Gasteiger partial charge on any atom is 0.234 e. The van der Waals surface area contributed by atoms with Gasteiger partial charge in [0.1, 0.15) is 0 Å². The van der Waals surface area contributed by atoms with Crippen LogP contribution in [0.25, 0.3) is 0 Å². The van der Waals surface area contributed by atoms with Gasteiger partial charge in [0.15, 0.2) is 0 Å². The second-order valence-electron chi connectivity index (χ2n) is 3.30. The zero-order valence-electron chi connectivity index (χ0n) is 8.65. The number of anilines is 1. The summed E-state index contributed by atoms with van der Waals surface area (Å²) in [7, 11) is 0. The van der Waals surface area contributed by atoms with E-state index in [2.05, 4.69) is 10.3 Å². The van der Waals surface area contributed by atoms with Gasteiger partial charge in [-0.05, 0) is 25.5 Å². The van der Waals surface area contributed by atoms with Crippen molar-refractivity contribution < 1.29 is 4.79 Å². The number of amides is 1. The predicted octanol–water partition coefficient (Wildman–Crippen LogP) is 1.25. The van der Waals surface area contributed by atoms with Gasteiger partial charge < -0.3 is 11.1 Å². The van der Waals surface area contributed by atoms with Crippen molar-refractivity contribution >= 4 is 28.8 Å². The molecule has 1 unspecified atom stereocenters. The smallest absolute Gasteiger partial charge is 0.234 e. The first-order valence-corrected chi connectivity index (χ1v) is 4.94. The largest absolute Gasteiger partial charge is 0.393 e. The molecule has 0 fully saturated rings. The lowest BCUT2D eigenvalue weighted by Crippen LogP contribution is -2.31. The third-order valence-corrected chi connectivity index (χ3v) is 2.47. The Kier molecular flexibility index (Phi) is 3.74. The van der Waals surface area contributed by atoms with Crippen LogP contribution >= 0.6 is 12.2 Å². The van der Waals surface area contributed by atoms with E-state index in [0.717, 1.165) is 5.56 Å². The van der Waals surface area contributed by atoms with Crippen LogP contribution in [0, 0.1) is 12.8 Å². The molecule has 0 aromatic carbocycles. The van der Waals surface area contributed by atoms with Crippen molar-refractivity contribution in [3.05, 3.63) is 24.0 Å². The van der Waals surface area contributed by atoms with Gasteiger partial charge in [0.25, 0.3) is 0 Å². The van der Waals surface area contributed by atoms with Crippen LogP contribution in [0.15, 0.2) is 18.5 Å². The van der Waals surface area contributed by atoms with E-state index in [-0.39, 0.29) is 10.9 Å². The molecule has 1 aromatic rings. The van der Waals surface area contributed by atoms with E-state index in [0.29, 0.717) is 5.69 Å². The zero-order chi connectivity index (χ0) is 11.4. The van der Waals surface area contributed by atoms with Gasteiger partial charge >= 0.3 is 0 Å². The van der Waals surface area contributed by atoms with E-state index in [1.54, 1.807) is 19.3 Å². The van der Waals surface area contributed by atoms with Gasteiger partial charge in [-0.15, -0.1) is 0 Å². The van der Waals surface area contributed by atoms with E-state index in [4.69, 9.17) is 18.0 Å². The van der Waals surface area contributed by atoms with Crippen LogP contribution in [0.5, 0.6) is 0 Å². The minimum absolute atomic E-state index is 0.189. The monoisotopic (exact) mass is 223 g/mol. The summed E-state index contributed by atoms with van der Waals surface area (Å²) in [5.74, 6) is -0.682. The first-order chi connectivity index (χ1) is 7.02. The Morgan fingerprint density at radius 1 is 1.67 bits per heavy atom. The lowest BCUT2D eigenvalue weighted by molar-refractivity contribution is -0.117. The summed E-state index contributed by atoms with van der Waals surface area (Å²) in [6.07, 6.45) is 3.27. The van der Waals surface area contributed by atoms with Gasteiger partial charge in [-0.25, -0.2) is 0 Å². The van der Waals surface area contributed by atoms with E-state index < -0.39 is 5.92 Å². The Morgan fingerprint density at radius 2 is 2.33 bits per heavy atom. The highest BCUT2D eigenvalue weighted by atomic mass is 32.1. The van der Waals surface area contributed by atoms with E-state index in [9.17, 15) is 4.79 Å². The molecule has 0 bridgehead atoms.